The summed E-state index contributed by atoms with van der Waals surface area (Å²) < 4.78 is 0. The van der Waals surface area contributed by atoms with Crippen molar-refractivity contribution in [3.05, 3.63) is 11.8 Å². The zero-order valence-corrected chi connectivity index (χ0v) is 9.22. The fraction of sp³-hybridized carbons (Fsp3) is 0.545. The number of nitrogens with two attached hydrogens (primary N) is 1. The molecule has 0 amide bonds. The third-order valence-electron chi connectivity index (χ3n) is 2.75. The lowest BCUT2D eigenvalue weighted by atomic mass is 9.80. The molecule has 0 spiro atoms. The molecule has 0 aromatic carbocycles. The summed E-state index contributed by atoms with van der Waals surface area (Å²) in [6.07, 6.45) is 5.39. The highest BCUT2D eigenvalue weighted by atomic mass is 16.4. The lowest BCUT2D eigenvalue weighted by Crippen LogP contribution is -2.21. The minimum Gasteiger partial charge on any atom is -0.478 e. The SMILES string of the molecule is C=N/C=C(C(=O)O)\C(CC1CCC1)=N/CN. The number of aliphatic imine (C=N–C) groups is 2. The van der Waals surface area contributed by atoms with Crippen molar-refractivity contribution in [2.45, 2.75) is 25.7 Å². The van der Waals surface area contributed by atoms with Crippen molar-refractivity contribution in [3.8, 4) is 0 Å². The number of carboxylic acid groups (broad SMARTS) is 1. The summed E-state index contributed by atoms with van der Waals surface area (Å²) in [4.78, 5) is 18.6. The van der Waals surface area contributed by atoms with Crippen molar-refractivity contribution >= 4 is 18.4 Å². The summed E-state index contributed by atoms with van der Waals surface area (Å²) in [6.45, 7) is 3.36. The van der Waals surface area contributed by atoms with Gasteiger partial charge in [0, 0.05) is 6.20 Å². The van der Waals surface area contributed by atoms with Crippen LogP contribution in [-0.2, 0) is 4.79 Å². The molecule has 0 aliphatic heterocycles. The largest absolute Gasteiger partial charge is 0.478 e. The van der Waals surface area contributed by atoms with Gasteiger partial charge in [0.15, 0.2) is 0 Å². The minimum atomic E-state index is -1.03. The Morgan fingerprint density at radius 1 is 1.56 bits per heavy atom. The first-order chi connectivity index (χ1) is 7.69. The van der Waals surface area contributed by atoms with E-state index in [1.807, 2.05) is 0 Å². The molecule has 1 rings (SSSR count). The van der Waals surface area contributed by atoms with E-state index < -0.39 is 5.97 Å². The van der Waals surface area contributed by atoms with Gasteiger partial charge in [0.05, 0.1) is 18.0 Å². The zero-order chi connectivity index (χ0) is 12.0. The summed E-state index contributed by atoms with van der Waals surface area (Å²) in [5.74, 6) is -0.489. The predicted molar refractivity (Wildman–Crippen MR) is 63.7 cm³/mol. The van der Waals surface area contributed by atoms with Gasteiger partial charge in [-0.3, -0.25) is 9.98 Å². The van der Waals surface area contributed by atoms with Crippen molar-refractivity contribution in [2.75, 3.05) is 6.67 Å². The van der Waals surface area contributed by atoms with Crippen LogP contribution in [0.25, 0.3) is 0 Å². The minimum absolute atomic E-state index is 0.101. The van der Waals surface area contributed by atoms with Gasteiger partial charge in [-0.2, -0.15) is 0 Å². The molecule has 0 atom stereocenters. The van der Waals surface area contributed by atoms with Gasteiger partial charge in [-0.15, -0.1) is 0 Å². The number of hydrogen-bond acceptors (Lipinski definition) is 4. The van der Waals surface area contributed by atoms with Gasteiger partial charge in [-0.25, -0.2) is 4.79 Å². The molecule has 1 saturated carbocycles. The van der Waals surface area contributed by atoms with E-state index in [0.717, 1.165) is 12.8 Å². The first kappa shape index (κ1) is 12.6. The summed E-state index contributed by atoms with van der Waals surface area (Å²) in [5.41, 5.74) is 5.98. The molecule has 0 aromatic heterocycles. The molecule has 5 nitrogen and oxygen atoms in total. The van der Waals surface area contributed by atoms with E-state index in [2.05, 4.69) is 16.7 Å². The Morgan fingerprint density at radius 3 is 2.62 bits per heavy atom. The molecule has 3 N–H and O–H groups in total. The van der Waals surface area contributed by atoms with Crippen molar-refractivity contribution in [1.29, 1.82) is 0 Å². The predicted octanol–water partition coefficient (Wildman–Crippen LogP) is 1.20. The Kier molecular flexibility index (Phi) is 4.85. The fourth-order valence-corrected chi connectivity index (χ4v) is 1.68. The van der Waals surface area contributed by atoms with Gasteiger partial charge < -0.3 is 10.8 Å². The summed E-state index contributed by atoms with van der Waals surface area (Å²) in [7, 11) is 0. The van der Waals surface area contributed by atoms with Crippen LogP contribution < -0.4 is 5.73 Å². The quantitative estimate of drug-likeness (QED) is 0.524. The maximum absolute atomic E-state index is 11.0. The molecule has 88 valence electrons. The third-order valence-corrected chi connectivity index (χ3v) is 2.75. The number of carboxylic acids is 1. The highest BCUT2D eigenvalue weighted by Gasteiger charge is 2.23. The second kappa shape index (κ2) is 6.17. The second-order valence-electron chi connectivity index (χ2n) is 3.82. The summed E-state index contributed by atoms with van der Waals surface area (Å²) in [5, 5.41) is 9.03. The van der Waals surface area contributed by atoms with E-state index in [-0.39, 0.29) is 12.2 Å². The maximum Gasteiger partial charge on any atom is 0.339 e. The fourth-order valence-electron chi connectivity index (χ4n) is 1.68. The first-order valence-corrected chi connectivity index (χ1v) is 5.32. The van der Waals surface area contributed by atoms with E-state index in [9.17, 15) is 4.79 Å². The van der Waals surface area contributed by atoms with Crippen molar-refractivity contribution in [1.82, 2.24) is 0 Å². The third kappa shape index (κ3) is 3.27. The number of aliphatic carboxylic acids is 1. The molecule has 0 heterocycles. The Bertz CT molecular complexity index is 330. The van der Waals surface area contributed by atoms with Crippen LogP contribution in [0.3, 0.4) is 0 Å². The monoisotopic (exact) mass is 223 g/mol. The normalized spacial score (nSPS) is 18.1. The van der Waals surface area contributed by atoms with E-state index in [4.69, 9.17) is 10.8 Å². The molecule has 1 aliphatic carbocycles. The van der Waals surface area contributed by atoms with Crippen LogP contribution in [0.1, 0.15) is 25.7 Å². The number of rotatable bonds is 6. The first-order valence-electron chi connectivity index (χ1n) is 5.32. The van der Waals surface area contributed by atoms with Gasteiger partial charge >= 0.3 is 5.97 Å². The Balaban J connectivity index is 2.80. The molecule has 1 fully saturated rings. The van der Waals surface area contributed by atoms with Gasteiger partial charge in [-0.05, 0) is 19.1 Å². The molecular formula is C11H17N3O2. The molecule has 0 saturated heterocycles. The maximum atomic E-state index is 11.0. The standard InChI is InChI=1S/C11H17N3O2/c1-13-6-9(11(15)16)10(14-7-12)5-8-3-2-4-8/h6,8H,1-5,7,12H2,(H,15,16)/b9-6+,14-10-. The van der Waals surface area contributed by atoms with Gasteiger partial charge in [0.25, 0.3) is 0 Å². The van der Waals surface area contributed by atoms with Crippen LogP contribution in [-0.4, -0.2) is 30.2 Å². The van der Waals surface area contributed by atoms with E-state index >= 15 is 0 Å². The van der Waals surface area contributed by atoms with E-state index in [1.165, 1.54) is 12.6 Å². The van der Waals surface area contributed by atoms with Gasteiger partial charge in [0.1, 0.15) is 0 Å². The topological polar surface area (TPSA) is 88.0 Å². The molecule has 0 unspecified atom stereocenters. The van der Waals surface area contributed by atoms with E-state index in [1.54, 1.807) is 0 Å². The second-order valence-corrected chi connectivity index (χ2v) is 3.82. The molecule has 0 radical (unpaired) electrons. The van der Waals surface area contributed by atoms with Crippen molar-refractivity contribution in [3.63, 3.8) is 0 Å². The highest BCUT2D eigenvalue weighted by molar-refractivity contribution is 6.19. The van der Waals surface area contributed by atoms with Gasteiger partial charge in [-0.1, -0.05) is 19.3 Å². The van der Waals surface area contributed by atoms with Crippen LogP contribution in [0.5, 0.6) is 0 Å². The molecular weight excluding hydrogens is 206 g/mol. The molecule has 0 bridgehead atoms. The lowest BCUT2D eigenvalue weighted by molar-refractivity contribution is -0.132. The molecule has 5 heteroatoms. The average Bonchev–Trinajstić information content (AvgIpc) is 2.18. The van der Waals surface area contributed by atoms with Crippen LogP contribution in [0.4, 0.5) is 0 Å². The molecule has 1 aliphatic rings. The van der Waals surface area contributed by atoms with Crippen LogP contribution >= 0.6 is 0 Å². The van der Waals surface area contributed by atoms with Crippen LogP contribution in [0.2, 0.25) is 0 Å². The Hall–Kier alpha value is -1.49. The van der Waals surface area contributed by atoms with Crippen LogP contribution in [0, 0.1) is 5.92 Å². The number of hydrogen-bond donors (Lipinski definition) is 2. The summed E-state index contributed by atoms with van der Waals surface area (Å²) in [6, 6.07) is 0. The zero-order valence-electron chi connectivity index (χ0n) is 9.22. The average molecular weight is 223 g/mol. The molecule has 16 heavy (non-hydrogen) atoms. The van der Waals surface area contributed by atoms with Crippen molar-refractivity contribution < 1.29 is 9.90 Å². The Labute approximate surface area is 94.8 Å². The number of carbonyl (C=O) groups is 1. The smallest absolute Gasteiger partial charge is 0.339 e. The lowest BCUT2D eigenvalue weighted by Gasteiger charge is -2.25. The summed E-state index contributed by atoms with van der Waals surface area (Å²) >= 11 is 0. The number of nitrogens with zero attached hydrogens (tertiary/aromatic N) is 2. The van der Waals surface area contributed by atoms with E-state index in [0.29, 0.717) is 18.1 Å². The Morgan fingerprint density at radius 2 is 2.25 bits per heavy atom. The van der Waals surface area contributed by atoms with Crippen molar-refractivity contribution in [2.24, 2.45) is 21.6 Å². The van der Waals surface area contributed by atoms with Crippen LogP contribution in [0.15, 0.2) is 21.8 Å². The molecule has 0 aromatic rings. The highest BCUT2D eigenvalue weighted by Crippen LogP contribution is 2.30. The van der Waals surface area contributed by atoms with Gasteiger partial charge in [0.2, 0.25) is 0 Å².